The Morgan fingerprint density at radius 3 is 1.28 bits per heavy atom. The Kier molecular flexibility index (Phi) is 8.77. The number of nitrogens with zero attached hydrogens (tertiary/aromatic N) is 3. The smallest absolute Gasteiger partial charge is 0.164 e. The van der Waals surface area contributed by atoms with Crippen LogP contribution in [0.1, 0.15) is 22.3 Å². The first-order chi connectivity index (χ1) is 37.7. The van der Waals surface area contributed by atoms with Crippen LogP contribution in [0, 0.1) is 0 Å². The van der Waals surface area contributed by atoms with Crippen molar-refractivity contribution in [1.82, 2.24) is 15.0 Å². The fraction of sp³-hybridized carbons (Fsp3) is 0.0143. The van der Waals surface area contributed by atoms with Crippen LogP contribution in [0.5, 0.6) is 0 Å². The van der Waals surface area contributed by atoms with Crippen LogP contribution in [-0.2, 0) is 5.41 Å². The summed E-state index contributed by atoms with van der Waals surface area (Å²) in [6.07, 6.45) is 0. The van der Waals surface area contributed by atoms with E-state index in [2.05, 4.69) is 237 Å². The van der Waals surface area contributed by atoms with Gasteiger partial charge in [-0.2, -0.15) is 0 Å². The lowest BCUT2D eigenvalue weighted by molar-refractivity contribution is 0.669. The van der Waals surface area contributed by atoms with Crippen LogP contribution in [0.3, 0.4) is 0 Å². The van der Waals surface area contributed by atoms with Crippen molar-refractivity contribution in [2.75, 3.05) is 0 Å². The number of thiophene rings is 2. The highest BCUT2D eigenvalue weighted by molar-refractivity contribution is 7.26. The van der Waals surface area contributed by atoms with Crippen LogP contribution in [0.25, 0.3) is 141 Å². The first-order valence-electron chi connectivity index (χ1n) is 25.7. The highest BCUT2D eigenvalue weighted by atomic mass is 32.1. The summed E-state index contributed by atoms with van der Waals surface area (Å²) in [5.41, 5.74) is 19.2. The van der Waals surface area contributed by atoms with Crippen LogP contribution in [0.15, 0.2) is 241 Å². The van der Waals surface area contributed by atoms with Gasteiger partial charge in [-0.15, -0.1) is 22.7 Å². The van der Waals surface area contributed by atoms with Crippen molar-refractivity contribution in [2.24, 2.45) is 0 Å². The molecular formula is C70H39N3OS2. The van der Waals surface area contributed by atoms with Gasteiger partial charge in [0.05, 0.1) is 5.41 Å². The molecular weight excluding hydrogens is 963 g/mol. The Balaban J connectivity index is 0.832. The number of benzene rings is 11. The van der Waals surface area contributed by atoms with Crippen LogP contribution in [0.4, 0.5) is 0 Å². The average molecular weight is 1000 g/mol. The fourth-order valence-corrected chi connectivity index (χ4v) is 15.3. The van der Waals surface area contributed by atoms with E-state index in [-0.39, 0.29) is 0 Å². The minimum absolute atomic E-state index is 0.408. The molecule has 0 bridgehead atoms. The van der Waals surface area contributed by atoms with E-state index >= 15 is 0 Å². The molecule has 15 aromatic rings. The van der Waals surface area contributed by atoms with Crippen LogP contribution in [-0.4, -0.2) is 15.0 Å². The second-order valence-electron chi connectivity index (χ2n) is 20.1. The van der Waals surface area contributed by atoms with Gasteiger partial charge in [0.15, 0.2) is 17.5 Å². The number of aromatic nitrogens is 3. The summed E-state index contributed by atoms with van der Waals surface area (Å²) in [5, 5.41) is 6.68. The molecule has 0 unspecified atom stereocenters. The zero-order valence-electron chi connectivity index (χ0n) is 40.6. The fourth-order valence-electron chi connectivity index (χ4n) is 13.0. The molecule has 17 rings (SSSR count). The third-order valence-electron chi connectivity index (χ3n) is 16.2. The van der Waals surface area contributed by atoms with Crippen molar-refractivity contribution >= 4 is 85.0 Å². The molecule has 2 aliphatic rings. The molecule has 0 saturated carbocycles. The first-order valence-corrected chi connectivity index (χ1v) is 27.4. The summed E-state index contributed by atoms with van der Waals surface area (Å²) in [7, 11) is 0. The molecule has 0 atom stereocenters. The quantitative estimate of drug-likeness (QED) is 0.172. The molecule has 11 aromatic carbocycles. The molecule has 4 nitrogen and oxygen atoms in total. The van der Waals surface area contributed by atoms with Gasteiger partial charge in [0.1, 0.15) is 11.2 Å². The molecule has 0 fully saturated rings. The van der Waals surface area contributed by atoms with Gasteiger partial charge in [-0.25, -0.2) is 15.0 Å². The van der Waals surface area contributed by atoms with Crippen molar-refractivity contribution in [2.45, 2.75) is 5.41 Å². The Bertz CT molecular complexity index is 4780. The number of hydrogen-bond acceptors (Lipinski definition) is 6. The number of rotatable bonds is 5. The van der Waals surface area contributed by atoms with E-state index in [1.807, 2.05) is 0 Å². The van der Waals surface area contributed by atoms with Gasteiger partial charge in [-0.3, -0.25) is 0 Å². The summed E-state index contributed by atoms with van der Waals surface area (Å²) in [4.78, 5) is 16.3. The van der Waals surface area contributed by atoms with Gasteiger partial charge in [0.25, 0.3) is 0 Å². The van der Waals surface area contributed by atoms with Gasteiger partial charge in [-0.05, 0) is 121 Å². The van der Waals surface area contributed by atoms with Crippen molar-refractivity contribution in [3.63, 3.8) is 0 Å². The Morgan fingerprint density at radius 1 is 0.276 bits per heavy atom. The van der Waals surface area contributed by atoms with E-state index in [1.165, 1.54) is 79.6 Å². The molecule has 76 heavy (non-hydrogen) atoms. The molecule has 2 aliphatic carbocycles. The lowest BCUT2D eigenvalue weighted by atomic mass is 9.70. The second-order valence-corrected chi connectivity index (χ2v) is 22.2. The molecule has 1 spiro atoms. The molecule has 4 heterocycles. The van der Waals surface area contributed by atoms with Gasteiger partial charge in [0.2, 0.25) is 0 Å². The zero-order chi connectivity index (χ0) is 49.6. The third-order valence-corrected chi connectivity index (χ3v) is 18.5. The van der Waals surface area contributed by atoms with Gasteiger partial charge in [0, 0.05) is 67.8 Å². The van der Waals surface area contributed by atoms with E-state index in [0.29, 0.717) is 17.5 Å². The monoisotopic (exact) mass is 1000 g/mol. The Labute approximate surface area is 444 Å². The molecule has 0 radical (unpaired) electrons. The minimum atomic E-state index is -0.408. The molecule has 0 amide bonds. The molecule has 352 valence electrons. The van der Waals surface area contributed by atoms with Crippen LogP contribution in [0.2, 0.25) is 0 Å². The summed E-state index contributed by atoms with van der Waals surface area (Å²) in [6.45, 7) is 0. The molecule has 0 saturated heterocycles. The van der Waals surface area contributed by atoms with E-state index in [4.69, 9.17) is 19.4 Å². The van der Waals surface area contributed by atoms with E-state index in [9.17, 15) is 0 Å². The average Bonchev–Trinajstić information content (AvgIpc) is 4.35. The van der Waals surface area contributed by atoms with Crippen LogP contribution < -0.4 is 0 Å². The van der Waals surface area contributed by atoms with Crippen molar-refractivity contribution in [1.29, 1.82) is 0 Å². The molecule has 4 aromatic heterocycles. The minimum Gasteiger partial charge on any atom is -0.456 e. The van der Waals surface area contributed by atoms with Crippen LogP contribution >= 0.6 is 22.7 Å². The van der Waals surface area contributed by atoms with E-state index < -0.39 is 5.41 Å². The zero-order valence-corrected chi connectivity index (χ0v) is 42.2. The summed E-state index contributed by atoms with van der Waals surface area (Å²) in [5.74, 6) is 1.87. The third kappa shape index (κ3) is 5.85. The standard InChI is InChI=1S/C70H39N3OS2/c1-6-25-54-44(17-1)45-18-2-7-26-55(45)70(54)56-27-8-3-19-46(56)47-35-33-43(39-57(47)70)41-16-11-15-40(37-41)42-34-36-58-53(38-42)64-50(22-12-28-59(64)74-58)67-71-68(51-23-13-31-62-65(51)48-20-4-9-29-60(48)75-62)73-69(72-67)52-24-14-32-63-66(52)49-21-5-10-30-61(49)76-63/h1-39H. The van der Waals surface area contributed by atoms with Gasteiger partial charge >= 0.3 is 0 Å². The normalized spacial score (nSPS) is 13.1. The van der Waals surface area contributed by atoms with Gasteiger partial charge in [-0.1, -0.05) is 182 Å². The maximum atomic E-state index is 6.72. The maximum absolute atomic E-state index is 6.72. The van der Waals surface area contributed by atoms with Crippen molar-refractivity contribution in [3.05, 3.63) is 259 Å². The highest BCUT2D eigenvalue weighted by Crippen LogP contribution is 2.63. The largest absolute Gasteiger partial charge is 0.456 e. The molecule has 0 N–H and O–H groups in total. The predicted molar refractivity (Wildman–Crippen MR) is 316 cm³/mol. The number of furan rings is 1. The topological polar surface area (TPSA) is 51.8 Å². The second kappa shape index (κ2) is 15.8. The Hall–Kier alpha value is -9.33. The highest BCUT2D eigenvalue weighted by Gasteiger charge is 2.51. The molecule has 6 heteroatoms. The van der Waals surface area contributed by atoms with Crippen molar-refractivity contribution in [3.8, 4) is 78.7 Å². The summed E-state index contributed by atoms with van der Waals surface area (Å²) < 4.78 is 11.6. The SMILES string of the molecule is c1cc(-c2ccc3c(c2)C2(c4ccccc4-c4ccccc42)c2ccccc2-3)cc(-c2ccc3oc4cccc(-c5nc(-c6cccc7sc8ccccc8c67)nc(-c6cccc7sc8ccccc8c67)n5)c4c3c2)c1. The number of fused-ring (bicyclic) bond motifs is 19. The first kappa shape index (κ1) is 42.1. The van der Waals surface area contributed by atoms with Gasteiger partial charge < -0.3 is 4.42 Å². The Morgan fingerprint density at radius 2 is 0.697 bits per heavy atom. The lowest BCUT2D eigenvalue weighted by Gasteiger charge is -2.30. The molecule has 0 aliphatic heterocycles. The summed E-state index contributed by atoms with van der Waals surface area (Å²) in [6, 6.07) is 86.2. The lowest BCUT2D eigenvalue weighted by Crippen LogP contribution is -2.25. The predicted octanol–water partition coefficient (Wildman–Crippen LogP) is 19.2. The van der Waals surface area contributed by atoms with E-state index in [0.717, 1.165) is 66.1 Å². The maximum Gasteiger partial charge on any atom is 0.164 e. The van der Waals surface area contributed by atoms with Crippen molar-refractivity contribution < 1.29 is 4.42 Å². The number of hydrogen-bond donors (Lipinski definition) is 0. The van der Waals surface area contributed by atoms with E-state index in [1.54, 1.807) is 22.7 Å². The summed E-state index contributed by atoms with van der Waals surface area (Å²) >= 11 is 3.60.